The van der Waals surface area contributed by atoms with E-state index in [2.05, 4.69) is 34.0 Å². The van der Waals surface area contributed by atoms with Gasteiger partial charge >= 0.3 is 0 Å². The predicted molar refractivity (Wildman–Crippen MR) is 114 cm³/mol. The molecule has 3 aromatic rings. The highest BCUT2D eigenvalue weighted by Crippen LogP contribution is 2.39. The van der Waals surface area contributed by atoms with Gasteiger partial charge in [-0.05, 0) is 49.3 Å². The number of aromatic nitrogens is 3. The molecule has 154 valence electrons. The van der Waals surface area contributed by atoms with Crippen molar-refractivity contribution in [2.75, 3.05) is 44.7 Å². The molecule has 0 saturated carbocycles. The molecule has 0 spiro atoms. The lowest BCUT2D eigenvalue weighted by Gasteiger charge is -2.26. The van der Waals surface area contributed by atoms with E-state index in [1.807, 2.05) is 0 Å². The van der Waals surface area contributed by atoms with Gasteiger partial charge in [-0.2, -0.15) is 0 Å². The SMILES string of the molecule is CC(C)c1nc2oc3c(NCCCN4CCOCC4)ncnc3c2c2c1CCC2. The van der Waals surface area contributed by atoms with Gasteiger partial charge in [-0.3, -0.25) is 4.90 Å². The van der Waals surface area contributed by atoms with Crippen molar-refractivity contribution in [3.05, 3.63) is 23.1 Å². The number of aryl methyl sites for hydroxylation is 1. The van der Waals surface area contributed by atoms with Gasteiger partial charge in [-0.25, -0.2) is 15.0 Å². The van der Waals surface area contributed by atoms with Crippen molar-refractivity contribution in [2.45, 2.75) is 45.4 Å². The lowest BCUT2D eigenvalue weighted by atomic mass is 9.99. The van der Waals surface area contributed by atoms with Gasteiger partial charge in [-0.15, -0.1) is 0 Å². The lowest BCUT2D eigenvalue weighted by Crippen LogP contribution is -2.37. The number of morpholine rings is 1. The molecule has 7 nitrogen and oxygen atoms in total. The van der Waals surface area contributed by atoms with E-state index in [0.717, 1.165) is 81.0 Å². The minimum atomic E-state index is 0.392. The second-order valence-corrected chi connectivity index (χ2v) is 8.38. The molecule has 29 heavy (non-hydrogen) atoms. The highest BCUT2D eigenvalue weighted by molar-refractivity contribution is 6.06. The molecule has 1 aliphatic heterocycles. The Balaban J connectivity index is 1.42. The number of furan rings is 1. The summed E-state index contributed by atoms with van der Waals surface area (Å²) < 4.78 is 11.6. The fraction of sp³-hybridized carbons (Fsp3) is 0.591. The summed E-state index contributed by atoms with van der Waals surface area (Å²) in [6, 6.07) is 0. The van der Waals surface area contributed by atoms with Crippen molar-refractivity contribution in [3.63, 3.8) is 0 Å². The minimum Gasteiger partial charge on any atom is -0.432 e. The highest BCUT2D eigenvalue weighted by Gasteiger charge is 2.26. The van der Waals surface area contributed by atoms with E-state index in [-0.39, 0.29) is 0 Å². The molecule has 7 heteroatoms. The molecule has 1 fully saturated rings. The molecule has 1 aliphatic carbocycles. The second kappa shape index (κ2) is 7.88. The van der Waals surface area contributed by atoms with E-state index >= 15 is 0 Å². The normalized spacial score (nSPS) is 17.5. The van der Waals surface area contributed by atoms with Crippen LogP contribution in [0.25, 0.3) is 22.2 Å². The second-order valence-electron chi connectivity index (χ2n) is 8.38. The van der Waals surface area contributed by atoms with Gasteiger partial charge < -0.3 is 14.5 Å². The third-order valence-corrected chi connectivity index (χ3v) is 6.10. The Morgan fingerprint density at radius 2 is 1.97 bits per heavy atom. The highest BCUT2D eigenvalue weighted by atomic mass is 16.5. The van der Waals surface area contributed by atoms with E-state index in [1.54, 1.807) is 6.33 Å². The topological polar surface area (TPSA) is 76.3 Å². The quantitative estimate of drug-likeness (QED) is 0.640. The molecule has 0 atom stereocenters. The van der Waals surface area contributed by atoms with Crippen molar-refractivity contribution in [1.82, 2.24) is 19.9 Å². The predicted octanol–water partition coefficient (Wildman–Crippen LogP) is 3.52. The maximum atomic E-state index is 6.22. The number of ether oxygens (including phenoxy) is 1. The van der Waals surface area contributed by atoms with E-state index in [1.165, 1.54) is 23.2 Å². The third-order valence-electron chi connectivity index (χ3n) is 6.10. The zero-order chi connectivity index (χ0) is 19.8. The summed E-state index contributed by atoms with van der Waals surface area (Å²) in [6.07, 6.45) is 6.06. The number of hydrogen-bond donors (Lipinski definition) is 1. The molecule has 4 heterocycles. The Morgan fingerprint density at radius 3 is 2.79 bits per heavy atom. The molecule has 0 unspecified atom stereocenters. The summed E-state index contributed by atoms with van der Waals surface area (Å²) >= 11 is 0. The number of nitrogens with one attached hydrogen (secondary N) is 1. The zero-order valence-electron chi connectivity index (χ0n) is 17.3. The Labute approximate surface area is 170 Å². The van der Waals surface area contributed by atoms with Crippen molar-refractivity contribution in [3.8, 4) is 0 Å². The summed E-state index contributed by atoms with van der Waals surface area (Å²) in [6.45, 7) is 10.1. The Bertz CT molecular complexity index is 1020. The molecule has 1 N–H and O–H groups in total. The standard InChI is InChI=1S/C22H29N5O2/c1-14(2)18-16-6-3-5-15(16)17-19-20(29-22(17)26-18)21(25-13-24-19)23-7-4-8-27-9-11-28-12-10-27/h13-14H,3-12H2,1-2H3,(H,23,24,25). The fourth-order valence-corrected chi connectivity index (χ4v) is 4.67. The number of pyridine rings is 1. The van der Waals surface area contributed by atoms with Gasteiger partial charge in [0.2, 0.25) is 5.71 Å². The van der Waals surface area contributed by atoms with Crippen LogP contribution in [0, 0.1) is 0 Å². The van der Waals surface area contributed by atoms with Gasteiger partial charge in [0, 0.05) is 19.6 Å². The Kier molecular flexibility index (Phi) is 5.09. The number of hydrogen-bond acceptors (Lipinski definition) is 7. The molecule has 0 amide bonds. The van der Waals surface area contributed by atoms with Crippen molar-refractivity contribution in [1.29, 1.82) is 0 Å². The van der Waals surface area contributed by atoms with E-state index in [0.29, 0.717) is 11.6 Å². The van der Waals surface area contributed by atoms with Gasteiger partial charge in [0.05, 0.1) is 24.3 Å². The van der Waals surface area contributed by atoms with Crippen LogP contribution in [-0.2, 0) is 17.6 Å². The van der Waals surface area contributed by atoms with Crippen molar-refractivity contribution >= 4 is 28.0 Å². The van der Waals surface area contributed by atoms with Crippen LogP contribution in [0.1, 0.15) is 49.4 Å². The summed E-state index contributed by atoms with van der Waals surface area (Å²) in [5.74, 6) is 1.16. The maximum Gasteiger partial charge on any atom is 0.229 e. The molecular weight excluding hydrogens is 366 g/mol. The first kappa shape index (κ1) is 18.8. The Morgan fingerprint density at radius 1 is 1.14 bits per heavy atom. The van der Waals surface area contributed by atoms with Crippen LogP contribution in [-0.4, -0.2) is 59.2 Å². The minimum absolute atomic E-state index is 0.392. The fourth-order valence-electron chi connectivity index (χ4n) is 4.67. The van der Waals surface area contributed by atoms with Crippen molar-refractivity contribution in [2.24, 2.45) is 0 Å². The summed E-state index contributed by atoms with van der Waals surface area (Å²) in [5, 5.41) is 4.56. The average molecular weight is 396 g/mol. The summed E-state index contributed by atoms with van der Waals surface area (Å²) in [5.41, 5.74) is 6.31. The van der Waals surface area contributed by atoms with Crippen LogP contribution < -0.4 is 5.32 Å². The van der Waals surface area contributed by atoms with Crippen LogP contribution in [0.5, 0.6) is 0 Å². The van der Waals surface area contributed by atoms with Gasteiger partial charge in [0.1, 0.15) is 11.8 Å². The van der Waals surface area contributed by atoms with Gasteiger partial charge in [0.25, 0.3) is 0 Å². The summed E-state index contributed by atoms with van der Waals surface area (Å²) in [7, 11) is 0. The van der Waals surface area contributed by atoms with E-state index in [9.17, 15) is 0 Å². The number of rotatable bonds is 6. The van der Waals surface area contributed by atoms with Crippen molar-refractivity contribution < 1.29 is 9.15 Å². The van der Waals surface area contributed by atoms with Crippen LogP contribution in [0.3, 0.4) is 0 Å². The maximum absolute atomic E-state index is 6.22. The zero-order valence-corrected chi connectivity index (χ0v) is 17.3. The molecule has 3 aromatic heterocycles. The average Bonchev–Trinajstić information content (AvgIpc) is 3.35. The van der Waals surface area contributed by atoms with Crippen LogP contribution in [0.2, 0.25) is 0 Å². The van der Waals surface area contributed by atoms with Crippen LogP contribution >= 0.6 is 0 Å². The number of fused-ring (bicyclic) bond motifs is 5. The molecule has 0 bridgehead atoms. The van der Waals surface area contributed by atoms with Crippen LogP contribution in [0.15, 0.2) is 10.7 Å². The Hall–Kier alpha value is -2.25. The molecule has 0 aromatic carbocycles. The molecule has 1 saturated heterocycles. The van der Waals surface area contributed by atoms with Gasteiger partial charge in [-0.1, -0.05) is 13.8 Å². The largest absolute Gasteiger partial charge is 0.432 e. The monoisotopic (exact) mass is 395 g/mol. The molecular formula is C22H29N5O2. The number of nitrogens with zero attached hydrogens (tertiary/aromatic N) is 4. The first-order valence-electron chi connectivity index (χ1n) is 10.8. The van der Waals surface area contributed by atoms with Gasteiger partial charge in [0.15, 0.2) is 11.4 Å². The first-order valence-corrected chi connectivity index (χ1v) is 10.8. The third kappa shape index (κ3) is 3.46. The number of anilines is 1. The van der Waals surface area contributed by atoms with E-state index < -0.39 is 0 Å². The van der Waals surface area contributed by atoms with Crippen LogP contribution in [0.4, 0.5) is 5.82 Å². The molecule has 2 aliphatic rings. The smallest absolute Gasteiger partial charge is 0.229 e. The van der Waals surface area contributed by atoms with E-state index in [4.69, 9.17) is 14.1 Å². The lowest BCUT2D eigenvalue weighted by molar-refractivity contribution is 0.0378. The first-order chi connectivity index (χ1) is 14.2. The molecule has 5 rings (SSSR count). The molecule has 0 radical (unpaired) electrons. The summed E-state index contributed by atoms with van der Waals surface area (Å²) in [4.78, 5) is 16.4.